The Hall–Kier alpha value is -7.94. The minimum Gasteiger partial charge on any atom is -0.455 e. The average Bonchev–Trinajstić information content (AvgIpc) is 3.72. The van der Waals surface area contributed by atoms with E-state index in [9.17, 15) is 0 Å². The molecular formula is C58H37NO. The van der Waals surface area contributed by atoms with Gasteiger partial charge in [0, 0.05) is 38.7 Å². The number of rotatable bonds is 6. The van der Waals surface area contributed by atoms with Crippen LogP contribution >= 0.6 is 0 Å². The van der Waals surface area contributed by atoms with Gasteiger partial charge in [-0.15, -0.1) is 0 Å². The molecule has 0 fully saturated rings. The first-order chi connectivity index (χ1) is 29.7. The molecule has 0 aliphatic heterocycles. The van der Waals surface area contributed by atoms with E-state index in [2.05, 4.69) is 229 Å². The second kappa shape index (κ2) is 13.9. The monoisotopic (exact) mass is 763 g/mol. The molecule has 2 nitrogen and oxygen atoms in total. The summed E-state index contributed by atoms with van der Waals surface area (Å²) >= 11 is 0. The number of fused-ring (bicyclic) bond motifs is 9. The fourth-order valence-corrected chi connectivity index (χ4v) is 9.35. The Morgan fingerprint density at radius 1 is 0.267 bits per heavy atom. The molecule has 0 amide bonds. The molecule has 0 atom stereocenters. The van der Waals surface area contributed by atoms with E-state index in [1.54, 1.807) is 0 Å². The third-order valence-electron chi connectivity index (χ3n) is 12.2. The van der Waals surface area contributed by atoms with Crippen LogP contribution in [0, 0.1) is 0 Å². The smallest absolute Gasteiger partial charge is 0.143 e. The molecule has 0 spiro atoms. The molecule has 0 saturated carbocycles. The second-order valence-electron chi connectivity index (χ2n) is 15.6. The molecule has 280 valence electrons. The third-order valence-corrected chi connectivity index (χ3v) is 12.2. The maximum absolute atomic E-state index is 6.91. The number of furan rings is 1. The molecule has 1 aromatic heterocycles. The lowest BCUT2D eigenvalue weighted by Crippen LogP contribution is -2.11. The highest BCUT2D eigenvalue weighted by molar-refractivity contribution is 6.18. The normalized spacial score (nSPS) is 11.7. The number of nitrogens with zero attached hydrogens (tertiary/aromatic N) is 1. The van der Waals surface area contributed by atoms with Gasteiger partial charge in [0.15, 0.2) is 0 Å². The van der Waals surface area contributed by atoms with Gasteiger partial charge in [-0.05, 0) is 102 Å². The quantitative estimate of drug-likeness (QED) is 0.157. The second-order valence-corrected chi connectivity index (χ2v) is 15.6. The average molecular weight is 764 g/mol. The zero-order valence-electron chi connectivity index (χ0n) is 32.7. The van der Waals surface area contributed by atoms with E-state index >= 15 is 0 Å². The van der Waals surface area contributed by atoms with Gasteiger partial charge in [-0.1, -0.05) is 182 Å². The van der Waals surface area contributed by atoms with Crippen LogP contribution in [-0.4, -0.2) is 0 Å². The van der Waals surface area contributed by atoms with Crippen molar-refractivity contribution in [3.05, 3.63) is 224 Å². The Bertz CT molecular complexity index is 3610. The topological polar surface area (TPSA) is 16.4 Å². The molecular weight excluding hydrogens is 727 g/mol. The van der Waals surface area contributed by atoms with Crippen molar-refractivity contribution in [2.24, 2.45) is 0 Å². The Balaban J connectivity index is 1.02. The summed E-state index contributed by atoms with van der Waals surface area (Å²) < 4.78 is 6.91. The number of anilines is 3. The van der Waals surface area contributed by atoms with Crippen LogP contribution in [0.3, 0.4) is 0 Å². The Morgan fingerprint density at radius 3 is 1.67 bits per heavy atom. The predicted molar refractivity (Wildman–Crippen MR) is 255 cm³/mol. The standard InChI is InChI=1S/C58H37NO/c1-4-18-47-39(12-1)15-10-22-49(47)43-17-9-16-42(36-43)38-28-31-45(32-29-38)59(46-33-35-50-44(37-46)27-26-40-13-2-5-19-48(40)50)56-25-8-7-21-52(56)53-23-11-24-54-55-34-30-41-14-3-6-20-51(41)57(55)60-58(53)54/h1-37H. The fourth-order valence-electron chi connectivity index (χ4n) is 9.35. The summed E-state index contributed by atoms with van der Waals surface area (Å²) in [7, 11) is 0. The van der Waals surface area contributed by atoms with Crippen molar-refractivity contribution in [3.8, 4) is 33.4 Å². The van der Waals surface area contributed by atoms with Crippen LogP contribution in [0.4, 0.5) is 17.1 Å². The molecule has 2 heteroatoms. The van der Waals surface area contributed by atoms with Crippen molar-refractivity contribution in [1.29, 1.82) is 0 Å². The van der Waals surface area contributed by atoms with Gasteiger partial charge >= 0.3 is 0 Å². The van der Waals surface area contributed by atoms with Crippen molar-refractivity contribution in [1.82, 2.24) is 0 Å². The zero-order valence-corrected chi connectivity index (χ0v) is 32.7. The summed E-state index contributed by atoms with van der Waals surface area (Å²) in [6, 6.07) is 81.2. The summed E-state index contributed by atoms with van der Waals surface area (Å²) in [6.45, 7) is 0. The highest BCUT2D eigenvalue weighted by atomic mass is 16.3. The molecule has 11 aromatic carbocycles. The maximum atomic E-state index is 6.91. The molecule has 0 N–H and O–H groups in total. The van der Waals surface area contributed by atoms with Gasteiger partial charge in [-0.25, -0.2) is 0 Å². The van der Waals surface area contributed by atoms with Crippen LogP contribution < -0.4 is 4.90 Å². The van der Waals surface area contributed by atoms with E-state index in [0.717, 1.165) is 55.5 Å². The molecule has 0 aliphatic rings. The van der Waals surface area contributed by atoms with Crippen molar-refractivity contribution in [2.75, 3.05) is 4.90 Å². The van der Waals surface area contributed by atoms with Crippen LogP contribution in [0.25, 0.3) is 98.4 Å². The number of para-hydroxylation sites is 2. The lowest BCUT2D eigenvalue weighted by Gasteiger charge is -2.28. The SMILES string of the molecule is c1cc(-c2ccc(N(c3ccc4c(ccc5ccccc54)c3)c3ccccc3-c3cccc4c3oc3c5ccccc5ccc43)cc2)cc(-c2cccc3ccccc23)c1. The van der Waals surface area contributed by atoms with Crippen LogP contribution in [0.5, 0.6) is 0 Å². The molecule has 1 heterocycles. The van der Waals surface area contributed by atoms with E-state index in [0.29, 0.717) is 0 Å². The maximum Gasteiger partial charge on any atom is 0.143 e. The molecule has 0 saturated heterocycles. The highest BCUT2D eigenvalue weighted by Gasteiger charge is 2.21. The van der Waals surface area contributed by atoms with Crippen LogP contribution in [0.1, 0.15) is 0 Å². The zero-order chi connectivity index (χ0) is 39.6. The lowest BCUT2D eigenvalue weighted by molar-refractivity contribution is 0.674. The van der Waals surface area contributed by atoms with E-state index in [1.165, 1.54) is 60.0 Å². The summed E-state index contributed by atoms with van der Waals surface area (Å²) in [6.07, 6.45) is 0. The van der Waals surface area contributed by atoms with Gasteiger partial charge in [0.1, 0.15) is 11.2 Å². The highest BCUT2D eigenvalue weighted by Crippen LogP contribution is 2.46. The van der Waals surface area contributed by atoms with E-state index < -0.39 is 0 Å². The van der Waals surface area contributed by atoms with Crippen LogP contribution in [-0.2, 0) is 0 Å². The summed E-state index contributed by atoms with van der Waals surface area (Å²) in [5, 5.41) is 12.0. The molecule has 12 rings (SSSR count). The first kappa shape index (κ1) is 34.1. The summed E-state index contributed by atoms with van der Waals surface area (Å²) in [5.74, 6) is 0. The van der Waals surface area contributed by atoms with E-state index in [-0.39, 0.29) is 0 Å². The fraction of sp³-hybridized carbons (Fsp3) is 0. The van der Waals surface area contributed by atoms with Gasteiger partial charge < -0.3 is 9.32 Å². The Morgan fingerprint density at radius 2 is 0.800 bits per heavy atom. The van der Waals surface area contributed by atoms with Gasteiger partial charge in [0.05, 0.1) is 5.69 Å². The number of hydrogen-bond acceptors (Lipinski definition) is 2. The van der Waals surface area contributed by atoms with E-state index in [4.69, 9.17) is 4.42 Å². The van der Waals surface area contributed by atoms with Gasteiger partial charge in [-0.2, -0.15) is 0 Å². The largest absolute Gasteiger partial charge is 0.455 e. The van der Waals surface area contributed by atoms with Crippen LogP contribution in [0.2, 0.25) is 0 Å². The third kappa shape index (κ3) is 5.57. The predicted octanol–water partition coefficient (Wildman–Crippen LogP) is 16.7. The van der Waals surface area contributed by atoms with Crippen LogP contribution in [0.15, 0.2) is 229 Å². The van der Waals surface area contributed by atoms with Crippen molar-refractivity contribution >= 4 is 82.1 Å². The van der Waals surface area contributed by atoms with Crippen molar-refractivity contribution < 1.29 is 4.42 Å². The van der Waals surface area contributed by atoms with Crippen molar-refractivity contribution in [3.63, 3.8) is 0 Å². The van der Waals surface area contributed by atoms with Gasteiger partial charge in [-0.3, -0.25) is 0 Å². The first-order valence-corrected chi connectivity index (χ1v) is 20.6. The molecule has 12 aromatic rings. The number of hydrogen-bond donors (Lipinski definition) is 0. The number of benzene rings is 11. The molecule has 0 aliphatic carbocycles. The molecule has 0 unspecified atom stereocenters. The van der Waals surface area contributed by atoms with Gasteiger partial charge in [0.25, 0.3) is 0 Å². The molecule has 0 radical (unpaired) electrons. The minimum absolute atomic E-state index is 0.891. The summed E-state index contributed by atoms with van der Waals surface area (Å²) in [5.41, 5.74) is 12.0. The lowest BCUT2D eigenvalue weighted by atomic mass is 9.95. The van der Waals surface area contributed by atoms with Gasteiger partial charge in [0.2, 0.25) is 0 Å². The van der Waals surface area contributed by atoms with E-state index in [1.807, 2.05) is 0 Å². The summed E-state index contributed by atoms with van der Waals surface area (Å²) in [4.78, 5) is 2.40. The first-order valence-electron chi connectivity index (χ1n) is 20.6. The Labute approximate surface area is 347 Å². The minimum atomic E-state index is 0.891. The molecule has 60 heavy (non-hydrogen) atoms. The van der Waals surface area contributed by atoms with Crippen molar-refractivity contribution in [2.45, 2.75) is 0 Å². The Kier molecular flexibility index (Phi) is 7.89. The molecule has 0 bridgehead atoms.